The highest BCUT2D eigenvalue weighted by Gasteiger charge is 2.30. The molecular weight excluding hydrogens is 352 g/mol. The number of hydrogen-bond donors (Lipinski definition) is 2. The summed E-state index contributed by atoms with van der Waals surface area (Å²) in [5, 5.41) is 5.69. The lowest BCUT2D eigenvalue weighted by molar-refractivity contribution is -0.274. The number of nitrogens with one attached hydrogen (secondary N) is 2. The molecule has 1 aromatic carbocycles. The smallest absolute Gasteiger partial charge is 0.406 e. The van der Waals surface area contributed by atoms with Crippen molar-refractivity contribution in [3.63, 3.8) is 0 Å². The van der Waals surface area contributed by atoms with Crippen molar-refractivity contribution in [1.29, 1.82) is 0 Å². The van der Waals surface area contributed by atoms with Gasteiger partial charge in [0.2, 0.25) is 0 Å². The Balaban J connectivity index is 2.46. The van der Waals surface area contributed by atoms with Crippen LogP contribution in [0.1, 0.15) is 18.9 Å². The molecule has 0 aliphatic heterocycles. The highest BCUT2D eigenvalue weighted by Crippen LogP contribution is 2.22. The second-order valence-corrected chi connectivity index (χ2v) is 4.99. The molecule has 0 bridgehead atoms. The Hall–Kier alpha value is -2.13. The van der Waals surface area contributed by atoms with E-state index in [1.165, 1.54) is 24.3 Å². The fraction of sp³-hybridized carbons (Fsp3) is 0.533. The Morgan fingerprint density at radius 2 is 1.68 bits per heavy atom. The minimum atomic E-state index is -4.74. The van der Waals surface area contributed by atoms with E-state index in [4.69, 9.17) is 0 Å². The minimum absolute atomic E-state index is 0.253. The van der Waals surface area contributed by atoms with Gasteiger partial charge in [-0.05, 0) is 31.0 Å². The SMILES string of the molecule is CCNC(=NCCC(F)(F)F)NCCc1ccc(OC(F)(F)F)cc1. The molecule has 25 heavy (non-hydrogen) atoms. The molecule has 10 heteroatoms. The lowest BCUT2D eigenvalue weighted by Gasteiger charge is -2.12. The molecule has 0 unspecified atom stereocenters. The molecule has 0 amide bonds. The average molecular weight is 371 g/mol. The van der Waals surface area contributed by atoms with Gasteiger partial charge in [-0.3, -0.25) is 4.99 Å². The summed E-state index contributed by atoms with van der Waals surface area (Å²) >= 11 is 0. The molecule has 142 valence electrons. The molecule has 0 saturated carbocycles. The second-order valence-electron chi connectivity index (χ2n) is 4.99. The molecule has 0 heterocycles. The van der Waals surface area contributed by atoms with Crippen LogP contribution >= 0.6 is 0 Å². The summed E-state index contributed by atoms with van der Waals surface area (Å²) < 4.78 is 76.3. The van der Waals surface area contributed by atoms with Crippen LogP contribution in [0.4, 0.5) is 26.3 Å². The summed E-state index contributed by atoms with van der Waals surface area (Å²) in [5.41, 5.74) is 0.744. The third-order valence-corrected chi connectivity index (χ3v) is 2.87. The van der Waals surface area contributed by atoms with Crippen molar-refractivity contribution in [3.8, 4) is 5.75 Å². The number of benzene rings is 1. The predicted molar refractivity (Wildman–Crippen MR) is 81.5 cm³/mol. The minimum Gasteiger partial charge on any atom is -0.406 e. The van der Waals surface area contributed by atoms with E-state index in [0.29, 0.717) is 19.5 Å². The normalized spacial score (nSPS) is 12.8. The van der Waals surface area contributed by atoms with Crippen LogP contribution in [0.5, 0.6) is 5.75 Å². The van der Waals surface area contributed by atoms with Crippen molar-refractivity contribution in [2.45, 2.75) is 32.3 Å². The van der Waals surface area contributed by atoms with Crippen molar-refractivity contribution in [3.05, 3.63) is 29.8 Å². The third kappa shape index (κ3) is 10.4. The van der Waals surface area contributed by atoms with Gasteiger partial charge in [0.25, 0.3) is 0 Å². The average Bonchev–Trinajstić information content (AvgIpc) is 2.46. The second kappa shape index (κ2) is 9.38. The molecule has 0 radical (unpaired) electrons. The van der Waals surface area contributed by atoms with Gasteiger partial charge in [-0.15, -0.1) is 13.2 Å². The first-order valence-corrected chi connectivity index (χ1v) is 7.52. The molecule has 1 aromatic rings. The Morgan fingerprint density at radius 3 is 2.20 bits per heavy atom. The monoisotopic (exact) mass is 371 g/mol. The molecule has 0 fully saturated rings. The van der Waals surface area contributed by atoms with E-state index in [2.05, 4.69) is 20.4 Å². The van der Waals surface area contributed by atoms with Gasteiger partial charge in [-0.1, -0.05) is 12.1 Å². The lowest BCUT2D eigenvalue weighted by atomic mass is 10.1. The standard InChI is InChI=1S/C15H19F6N3O/c1-2-22-13(24-10-8-14(16,17)18)23-9-7-11-3-5-12(6-4-11)25-15(19,20)21/h3-6H,2,7-10H2,1H3,(H2,22,23,24). The van der Waals surface area contributed by atoms with Crippen LogP contribution in [0.25, 0.3) is 0 Å². The summed E-state index contributed by atoms with van der Waals surface area (Å²) in [4.78, 5) is 3.81. The lowest BCUT2D eigenvalue weighted by Crippen LogP contribution is -2.38. The van der Waals surface area contributed by atoms with E-state index >= 15 is 0 Å². The summed E-state index contributed by atoms with van der Waals surface area (Å²) in [5.74, 6) is -0.0602. The highest BCUT2D eigenvalue weighted by molar-refractivity contribution is 5.79. The van der Waals surface area contributed by atoms with Gasteiger partial charge < -0.3 is 15.4 Å². The number of rotatable bonds is 7. The van der Waals surface area contributed by atoms with E-state index in [1.807, 2.05) is 0 Å². The quantitative estimate of drug-likeness (QED) is 0.437. The van der Waals surface area contributed by atoms with Crippen LogP contribution in [0, 0.1) is 0 Å². The molecule has 0 spiro atoms. The number of nitrogens with zero attached hydrogens (tertiary/aromatic N) is 1. The highest BCUT2D eigenvalue weighted by atomic mass is 19.4. The van der Waals surface area contributed by atoms with Gasteiger partial charge >= 0.3 is 12.5 Å². The number of hydrogen-bond acceptors (Lipinski definition) is 2. The van der Waals surface area contributed by atoms with Crippen LogP contribution in [0.15, 0.2) is 29.3 Å². The number of alkyl halides is 6. The summed E-state index contributed by atoms with van der Waals surface area (Å²) in [6.45, 7) is 2.24. The number of aliphatic imine (C=N–C) groups is 1. The van der Waals surface area contributed by atoms with Crippen LogP contribution in [0.3, 0.4) is 0 Å². The third-order valence-electron chi connectivity index (χ3n) is 2.87. The zero-order valence-electron chi connectivity index (χ0n) is 13.5. The first kappa shape index (κ1) is 20.9. The molecule has 1 rings (SSSR count). The molecule has 0 saturated heterocycles. The van der Waals surface area contributed by atoms with Gasteiger partial charge in [0.1, 0.15) is 5.75 Å². The van der Waals surface area contributed by atoms with Crippen molar-refractivity contribution in [2.24, 2.45) is 4.99 Å². The zero-order valence-corrected chi connectivity index (χ0v) is 13.5. The molecule has 4 nitrogen and oxygen atoms in total. The predicted octanol–water partition coefficient (Wildman–Crippen LogP) is 3.64. The molecule has 0 aliphatic rings. The van der Waals surface area contributed by atoms with Gasteiger partial charge in [0.15, 0.2) is 5.96 Å². The van der Waals surface area contributed by atoms with Crippen LogP contribution in [-0.2, 0) is 6.42 Å². The Labute approximate surface area is 141 Å². The topological polar surface area (TPSA) is 45.7 Å². The van der Waals surface area contributed by atoms with E-state index in [0.717, 1.165) is 5.56 Å². The number of guanidine groups is 1. The number of halogens is 6. The van der Waals surface area contributed by atoms with Gasteiger partial charge in [-0.25, -0.2) is 0 Å². The molecule has 0 atom stereocenters. The Kier molecular flexibility index (Phi) is 7.85. The largest absolute Gasteiger partial charge is 0.573 e. The van der Waals surface area contributed by atoms with Crippen molar-refractivity contribution >= 4 is 5.96 Å². The first-order valence-electron chi connectivity index (χ1n) is 7.52. The molecule has 0 aromatic heterocycles. The molecular formula is C15H19F6N3O. The zero-order chi connectivity index (χ0) is 18.9. The van der Waals surface area contributed by atoms with Crippen LogP contribution in [0.2, 0.25) is 0 Å². The van der Waals surface area contributed by atoms with Crippen LogP contribution < -0.4 is 15.4 Å². The maximum atomic E-state index is 12.1. The van der Waals surface area contributed by atoms with Gasteiger partial charge in [-0.2, -0.15) is 13.2 Å². The van der Waals surface area contributed by atoms with Crippen LogP contribution in [-0.4, -0.2) is 38.1 Å². The van der Waals surface area contributed by atoms with Gasteiger partial charge in [0.05, 0.1) is 13.0 Å². The van der Waals surface area contributed by atoms with Crippen molar-refractivity contribution in [1.82, 2.24) is 10.6 Å². The van der Waals surface area contributed by atoms with E-state index in [-0.39, 0.29) is 18.3 Å². The molecule has 0 aliphatic carbocycles. The van der Waals surface area contributed by atoms with E-state index in [1.54, 1.807) is 6.92 Å². The van der Waals surface area contributed by atoms with Crippen molar-refractivity contribution in [2.75, 3.05) is 19.6 Å². The maximum Gasteiger partial charge on any atom is 0.573 e. The van der Waals surface area contributed by atoms with Crippen molar-refractivity contribution < 1.29 is 31.1 Å². The summed E-state index contributed by atoms with van der Waals surface area (Å²) in [6.07, 6.45) is -9.56. The Morgan fingerprint density at radius 1 is 1.04 bits per heavy atom. The fourth-order valence-corrected chi connectivity index (χ4v) is 1.82. The Bertz CT molecular complexity index is 540. The first-order chi connectivity index (χ1) is 11.6. The summed E-state index contributed by atoms with van der Waals surface area (Å²) in [7, 11) is 0. The van der Waals surface area contributed by atoms with E-state index < -0.39 is 19.0 Å². The molecule has 2 N–H and O–H groups in total. The maximum absolute atomic E-state index is 12.1. The van der Waals surface area contributed by atoms with Gasteiger partial charge in [0, 0.05) is 13.1 Å². The number of ether oxygens (including phenoxy) is 1. The summed E-state index contributed by atoms with van der Waals surface area (Å²) in [6, 6.07) is 5.36. The fourth-order valence-electron chi connectivity index (χ4n) is 1.82. The van der Waals surface area contributed by atoms with E-state index in [9.17, 15) is 26.3 Å².